The third-order valence-electron chi connectivity index (χ3n) is 5.62. The molecule has 4 aromatic rings. The molecule has 30 heavy (non-hydrogen) atoms. The maximum atomic E-state index is 6.05. The van der Waals surface area contributed by atoms with Crippen LogP contribution >= 0.6 is 0 Å². The second-order valence-electron chi connectivity index (χ2n) is 7.62. The van der Waals surface area contributed by atoms with Crippen LogP contribution in [0, 0.1) is 13.8 Å². The zero-order valence-corrected chi connectivity index (χ0v) is 17.4. The zero-order valence-electron chi connectivity index (χ0n) is 17.4. The number of aromatic nitrogens is 5. The number of hydrogen-bond donors (Lipinski definition) is 1. The molecule has 1 aliphatic heterocycles. The van der Waals surface area contributed by atoms with Crippen LogP contribution in [0.1, 0.15) is 29.6 Å². The van der Waals surface area contributed by atoms with Crippen LogP contribution in [-0.2, 0) is 13.0 Å². The number of ether oxygens (including phenoxy) is 1. The first kappa shape index (κ1) is 18.5. The summed E-state index contributed by atoms with van der Waals surface area (Å²) in [4.78, 5) is 23.4. The second kappa shape index (κ2) is 7.40. The molecular weight excluding hydrogens is 376 g/mol. The zero-order chi connectivity index (χ0) is 20.7. The second-order valence-corrected chi connectivity index (χ2v) is 7.62. The van der Waals surface area contributed by atoms with E-state index in [2.05, 4.69) is 61.0 Å². The van der Waals surface area contributed by atoms with Crippen molar-refractivity contribution in [3.63, 3.8) is 0 Å². The highest BCUT2D eigenvalue weighted by atomic mass is 16.5. The van der Waals surface area contributed by atoms with E-state index in [-0.39, 0.29) is 0 Å². The van der Waals surface area contributed by atoms with Crippen LogP contribution in [0.5, 0.6) is 5.75 Å². The molecule has 0 aliphatic carbocycles. The number of H-pyrrole nitrogens is 1. The topological polar surface area (TPSA) is 79.8 Å². The highest BCUT2D eigenvalue weighted by Crippen LogP contribution is 2.32. The summed E-state index contributed by atoms with van der Waals surface area (Å²) < 4.78 is 6.05. The van der Waals surface area contributed by atoms with Gasteiger partial charge in [-0.1, -0.05) is 13.0 Å². The molecule has 0 saturated heterocycles. The van der Waals surface area contributed by atoms with Crippen LogP contribution < -0.4 is 9.64 Å². The standard InChI is InChI=1S/C23H24N6O/c1-4-19-14(2)25-13-26-23(19)29-7-8-30-21-6-5-16(9-18(21)12-29)17-10-20-22(24-11-17)28-15(3)27-20/h5-6,9-11,13H,4,7-8,12H2,1-3H3,(H,24,27,28). The normalized spacial score (nSPS) is 13.8. The highest BCUT2D eigenvalue weighted by Gasteiger charge is 2.20. The number of pyridine rings is 1. The van der Waals surface area contributed by atoms with Gasteiger partial charge in [-0.2, -0.15) is 0 Å². The smallest absolute Gasteiger partial charge is 0.177 e. The summed E-state index contributed by atoms with van der Waals surface area (Å²) in [7, 11) is 0. The van der Waals surface area contributed by atoms with Gasteiger partial charge in [-0.15, -0.1) is 0 Å². The summed E-state index contributed by atoms with van der Waals surface area (Å²) in [6.45, 7) is 8.29. The number of nitrogens with zero attached hydrogens (tertiary/aromatic N) is 5. The van der Waals surface area contributed by atoms with Crippen LogP contribution in [0.3, 0.4) is 0 Å². The van der Waals surface area contributed by atoms with Crippen molar-refractivity contribution >= 4 is 17.0 Å². The summed E-state index contributed by atoms with van der Waals surface area (Å²) in [5.74, 6) is 2.80. The number of hydrogen-bond acceptors (Lipinski definition) is 6. The average Bonchev–Trinajstić information content (AvgIpc) is 2.99. The average molecular weight is 400 g/mol. The molecule has 0 saturated carbocycles. The number of rotatable bonds is 3. The predicted octanol–water partition coefficient (Wildman–Crippen LogP) is 3.99. The van der Waals surface area contributed by atoms with Crippen LogP contribution in [0.4, 0.5) is 5.82 Å². The van der Waals surface area contributed by atoms with Crippen molar-refractivity contribution < 1.29 is 4.74 Å². The molecule has 0 fully saturated rings. The summed E-state index contributed by atoms with van der Waals surface area (Å²) >= 11 is 0. The van der Waals surface area contributed by atoms with Crippen molar-refractivity contribution in [2.75, 3.05) is 18.1 Å². The Morgan fingerprint density at radius 1 is 1.10 bits per heavy atom. The van der Waals surface area contributed by atoms with Crippen LogP contribution in [0.25, 0.3) is 22.3 Å². The predicted molar refractivity (Wildman–Crippen MR) is 117 cm³/mol. The van der Waals surface area contributed by atoms with Gasteiger partial charge < -0.3 is 14.6 Å². The Bertz CT molecular complexity index is 1230. The lowest BCUT2D eigenvalue weighted by Crippen LogP contribution is -2.27. The number of imidazole rings is 1. The van der Waals surface area contributed by atoms with Crippen molar-refractivity contribution in [2.45, 2.75) is 33.7 Å². The molecule has 4 heterocycles. The summed E-state index contributed by atoms with van der Waals surface area (Å²) in [6.07, 6.45) is 4.43. The van der Waals surface area contributed by atoms with Gasteiger partial charge >= 0.3 is 0 Å². The van der Waals surface area contributed by atoms with E-state index in [1.807, 2.05) is 20.0 Å². The van der Waals surface area contributed by atoms with Gasteiger partial charge in [0.25, 0.3) is 0 Å². The Balaban J connectivity index is 1.52. The molecule has 0 bridgehead atoms. The molecule has 0 radical (unpaired) electrons. The first-order valence-corrected chi connectivity index (χ1v) is 10.3. The quantitative estimate of drug-likeness (QED) is 0.560. The number of anilines is 1. The Morgan fingerprint density at radius 2 is 2.00 bits per heavy atom. The van der Waals surface area contributed by atoms with Crippen molar-refractivity contribution in [3.8, 4) is 16.9 Å². The highest BCUT2D eigenvalue weighted by molar-refractivity contribution is 5.78. The number of nitrogens with one attached hydrogen (secondary N) is 1. The van der Waals surface area contributed by atoms with Crippen molar-refractivity contribution in [2.24, 2.45) is 0 Å². The van der Waals surface area contributed by atoms with Crippen LogP contribution in [0.2, 0.25) is 0 Å². The van der Waals surface area contributed by atoms with Gasteiger partial charge in [-0.05, 0) is 44.0 Å². The summed E-state index contributed by atoms with van der Waals surface area (Å²) in [5, 5.41) is 0. The molecule has 0 unspecified atom stereocenters. The van der Waals surface area contributed by atoms with Gasteiger partial charge in [0.1, 0.15) is 30.3 Å². The van der Waals surface area contributed by atoms with E-state index in [9.17, 15) is 0 Å². The molecule has 152 valence electrons. The maximum Gasteiger partial charge on any atom is 0.177 e. The minimum absolute atomic E-state index is 0.624. The van der Waals surface area contributed by atoms with E-state index in [1.165, 1.54) is 5.56 Å². The largest absolute Gasteiger partial charge is 0.491 e. The Hall–Kier alpha value is -3.48. The fraction of sp³-hybridized carbons (Fsp3) is 0.304. The minimum Gasteiger partial charge on any atom is -0.491 e. The maximum absolute atomic E-state index is 6.05. The van der Waals surface area contributed by atoms with Crippen LogP contribution in [0.15, 0.2) is 36.8 Å². The molecule has 7 heteroatoms. The fourth-order valence-electron chi connectivity index (χ4n) is 4.11. The van der Waals surface area contributed by atoms with Crippen molar-refractivity contribution in [1.82, 2.24) is 24.9 Å². The number of aromatic amines is 1. The molecule has 7 nitrogen and oxygen atoms in total. The molecule has 1 aromatic carbocycles. The third-order valence-corrected chi connectivity index (χ3v) is 5.62. The van der Waals surface area contributed by atoms with Crippen molar-refractivity contribution in [1.29, 1.82) is 0 Å². The first-order chi connectivity index (χ1) is 14.6. The van der Waals surface area contributed by atoms with Gasteiger partial charge in [0.15, 0.2) is 5.65 Å². The lowest BCUT2D eigenvalue weighted by molar-refractivity contribution is 0.331. The van der Waals surface area contributed by atoms with Crippen LogP contribution in [-0.4, -0.2) is 38.1 Å². The molecule has 3 aromatic heterocycles. The Kier molecular flexibility index (Phi) is 4.58. The summed E-state index contributed by atoms with van der Waals surface area (Å²) in [6, 6.07) is 8.44. The number of benzene rings is 1. The molecule has 0 spiro atoms. The minimum atomic E-state index is 0.624. The summed E-state index contributed by atoms with van der Waals surface area (Å²) in [5.41, 5.74) is 7.22. The van der Waals surface area contributed by atoms with Gasteiger partial charge in [-0.25, -0.2) is 19.9 Å². The molecule has 0 amide bonds. The number of fused-ring (bicyclic) bond motifs is 2. The van der Waals surface area contributed by atoms with E-state index in [4.69, 9.17) is 4.74 Å². The van der Waals surface area contributed by atoms with Gasteiger partial charge in [0.05, 0.1) is 12.1 Å². The lowest BCUT2D eigenvalue weighted by Gasteiger charge is -2.24. The SMILES string of the molecule is CCc1c(C)ncnc1N1CCOc2ccc(-c3cnc4nc(C)[nH]c4c3)cc2C1. The molecular formula is C23H24N6O. The Morgan fingerprint density at radius 3 is 2.87 bits per heavy atom. The molecule has 1 N–H and O–H groups in total. The van der Waals surface area contributed by atoms with E-state index in [1.54, 1.807) is 6.33 Å². The van der Waals surface area contributed by atoms with E-state index >= 15 is 0 Å². The Labute approximate surface area is 175 Å². The van der Waals surface area contributed by atoms with Gasteiger partial charge in [0.2, 0.25) is 0 Å². The monoisotopic (exact) mass is 400 g/mol. The van der Waals surface area contributed by atoms with E-state index < -0.39 is 0 Å². The van der Waals surface area contributed by atoms with Crippen molar-refractivity contribution in [3.05, 3.63) is 59.4 Å². The molecule has 5 rings (SSSR count). The van der Waals surface area contributed by atoms with Gasteiger partial charge in [0, 0.05) is 35.1 Å². The van der Waals surface area contributed by atoms with Gasteiger partial charge in [-0.3, -0.25) is 0 Å². The van der Waals surface area contributed by atoms with E-state index in [0.717, 1.165) is 70.5 Å². The lowest BCUT2D eigenvalue weighted by atomic mass is 10.0. The third kappa shape index (κ3) is 3.26. The first-order valence-electron chi connectivity index (χ1n) is 10.3. The molecule has 0 atom stereocenters. The number of aryl methyl sites for hydroxylation is 2. The fourth-order valence-corrected chi connectivity index (χ4v) is 4.11. The molecule has 1 aliphatic rings. The van der Waals surface area contributed by atoms with E-state index in [0.29, 0.717) is 6.61 Å².